The molecule has 0 aliphatic carbocycles. The van der Waals surface area contributed by atoms with Crippen LogP contribution < -0.4 is 5.32 Å². The molecule has 0 amide bonds. The van der Waals surface area contributed by atoms with Crippen LogP contribution in [0.15, 0.2) is 36.5 Å². The van der Waals surface area contributed by atoms with Crippen LogP contribution in [0.4, 0.5) is 0 Å². The fourth-order valence-corrected chi connectivity index (χ4v) is 2.98. The zero-order chi connectivity index (χ0) is 13.7. The standard InChI is InChI=1S/C16H25N3/c1-13(11-17)3-4-14(2)15-6-9-19(10-7-15)16-5-8-18-12-16/h3-4,11,15-18H,1-2,5-10,12H2/b4-3-,17-11?. The van der Waals surface area contributed by atoms with Crippen LogP contribution in [0.25, 0.3) is 0 Å². The van der Waals surface area contributed by atoms with E-state index >= 15 is 0 Å². The first-order chi connectivity index (χ1) is 9.20. The van der Waals surface area contributed by atoms with Gasteiger partial charge in [0.25, 0.3) is 0 Å². The summed E-state index contributed by atoms with van der Waals surface area (Å²) < 4.78 is 0. The number of allylic oxidation sites excluding steroid dienone is 4. The minimum atomic E-state index is 0.598. The fraction of sp³-hybridized carbons (Fsp3) is 0.562. The molecule has 0 aromatic heterocycles. The first-order valence-electron chi connectivity index (χ1n) is 7.21. The highest BCUT2D eigenvalue weighted by atomic mass is 15.2. The zero-order valence-electron chi connectivity index (χ0n) is 11.7. The molecule has 3 nitrogen and oxygen atoms in total. The van der Waals surface area contributed by atoms with E-state index < -0.39 is 0 Å². The maximum absolute atomic E-state index is 7.10. The van der Waals surface area contributed by atoms with Gasteiger partial charge in [-0.1, -0.05) is 30.9 Å². The van der Waals surface area contributed by atoms with Crippen molar-refractivity contribution in [3.8, 4) is 0 Å². The van der Waals surface area contributed by atoms with Gasteiger partial charge in [-0.3, -0.25) is 4.90 Å². The maximum Gasteiger partial charge on any atom is 0.0244 e. The third kappa shape index (κ3) is 3.88. The molecule has 19 heavy (non-hydrogen) atoms. The quantitative estimate of drug-likeness (QED) is 0.588. The van der Waals surface area contributed by atoms with Crippen molar-refractivity contribution in [3.05, 3.63) is 36.5 Å². The summed E-state index contributed by atoms with van der Waals surface area (Å²) in [4.78, 5) is 2.63. The molecule has 1 unspecified atom stereocenters. The Morgan fingerprint density at radius 3 is 2.47 bits per heavy atom. The van der Waals surface area contributed by atoms with Crippen molar-refractivity contribution in [2.75, 3.05) is 26.2 Å². The molecule has 104 valence electrons. The maximum atomic E-state index is 7.10. The van der Waals surface area contributed by atoms with E-state index in [-0.39, 0.29) is 0 Å². The van der Waals surface area contributed by atoms with Crippen molar-refractivity contribution >= 4 is 6.21 Å². The molecule has 1 atom stereocenters. The van der Waals surface area contributed by atoms with Crippen molar-refractivity contribution in [1.29, 1.82) is 5.41 Å². The van der Waals surface area contributed by atoms with E-state index in [1.54, 1.807) is 0 Å². The Morgan fingerprint density at radius 2 is 1.89 bits per heavy atom. The molecule has 0 aromatic rings. The lowest BCUT2D eigenvalue weighted by molar-refractivity contribution is 0.152. The third-order valence-electron chi connectivity index (χ3n) is 4.30. The molecule has 2 heterocycles. The molecular formula is C16H25N3. The highest BCUT2D eigenvalue weighted by Crippen LogP contribution is 2.26. The predicted molar refractivity (Wildman–Crippen MR) is 81.8 cm³/mol. The molecule has 0 aromatic carbocycles. The van der Waals surface area contributed by atoms with E-state index in [9.17, 15) is 0 Å². The molecule has 2 N–H and O–H groups in total. The lowest BCUT2D eigenvalue weighted by Gasteiger charge is -2.36. The lowest BCUT2D eigenvalue weighted by Crippen LogP contribution is -2.42. The summed E-state index contributed by atoms with van der Waals surface area (Å²) in [5.74, 6) is 0.598. The molecule has 2 aliphatic heterocycles. The minimum absolute atomic E-state index is 0.598. The molecule has 2 fully saturated rings. The normalized spacial score (nSPS) is 25.8. The lowest BCUT2D eigenvalue weighted by atomic mass is 9.89. The van der Waals surface area contributed by atoms with Gasteiger partial charge in [0.1, 0.15) is 0 Å². The Bertz CT molecular complexity index is 369. The van der Waals surface area contributed by atoms with Crippen LogP contribution in [0.2, 0.25) is 0 Å². The molecule has 3 heteroatoms. The summed E-state index contributed by atoms with van der Waals surface area (Å²) in [7, 11) is 0. The molecule has 0 spiro atoms. The Balaban J connectivity index is 1.79. The average molecular weight is 259 g/mol. The van der Waals surface area contributed by atoms with Gasteiger partial charge in [-0.25, -0.2) is 0 Å². The molecule has 2 aliphatic rings. The number of rotatable bonds is 5. The average Bonchev–Trinajstić information content (AvgIpc) is 2.98. The summed E-state index contributed by atoms with van der Waals surface area (Å²) in [6, 6.07) is 0.752. The minimum Gasteiger partial charge on any atom is -0.315 e. The fourth-order valence-electron chi connectivity index (χ4n) is 2.98. The molecule has 2 rings (SSSR count). The number of nitrogens with zero attached hydrogens (tertiary/aromatic N) is 1. The molecule has 0 bridgehead atoms. The molecule has 0 radical (unpaired) electrons. The van der Waals surface area contributed by atoms with Crippen LogP contribution >= 0.6 is 0 Å². The van der Waals surface area contributed by atoms with Gasteiger partial charge >= 0.3 is 0 Å². The van der Waals surface area contributed by atoms with Crippen molar-refractivity contribution in [2.24, 2.45) is 5.92 Å². The van der Waals surface area contributed by atoms with Crippen LogP contribution in [0.1, 0.15) is 19.3 Å². The van der Waals surface area contributed by atoms with Gasteiger partial charge in [-0.2, -0.15) is 0 Å². The van der Waals surface area contributed by atoms with Crippen LogP contribution in [-0.2, 0) is 0 Å². The van der Waals surface area contributed by atoms with Crippen molar-refractivity contribution in [2.45, 2.75) is 25.3 Å². The second kappa shape index (κ2) is 6.83. The highest BCUT2D eigenvalue weighted by molar-refractivity contribution is 5.78. The van der Waals surface area contributed by atoms with Gasteiger partial charge in [0.2, 0.25) is 0 Å². The van der Waals surface area contributed by atoms with Gasteiger partial charge in [0.15, 0.2) is 0 Å². The Hall–Kier alpha value is -1.19. The predicted octanol–water partition coefficient (Wildman–Crippen LogP) is 2.38. The first kappa shape index (κ1) is 14.2. The van der Waals surface area contributed by atoms with Crippen molar-refractivity contribution in [3.63, 3.8) is 0 Å². The SMILES string of the molecule is C=C(C=N)/C=C\C(=C)C1CCN(C2CCNC2)CC1. The second-order valence-corrected chi connectivity index (χ2v) is 5.58. The van der Waals surface area contributed by atoms with Crippen molar-refractivity contribution in [1.82, 2.24) is 10.2 Å². The van der Waals surface area contributed by atoms with E-state index in [1.165, 1.54) is 50.7 Å². The van der Waals surface area contributed by atoms with Crippen LogP contribution in [0.5, 0.6) is 0 Å². The van der Waals surface area contributed by atoms with Gasteiger partial charge in [0, 0.05) is 18.8 Å². The molecule has 0 saturated carbocycles. The molecule has 2 saturated heterocycles. The topological polar surface area (TPSA) is 39.1 Å². The number of likely N-dealkylation sites (tertiary alicyclic amines) is 1. The van der Waals surface area contributed by atoms with Gasteiger partial charge in [-0.05, 0) is 50.4 Å². The van der Waals surface area contributed by atoms with Crippen LogP contribution in [-0.4, -0.2) is 43.3 Å². The largest absolute Gasteiger partial charge is 0.315 e. The summed E-state index contributed by atoms with van der Waals surface area (Å²) in [6.45, 7) is 12.7. The number of hydrogen-bond acceptors (Lipinski definition) is 3. The van der Waals surface area contributed by atoms with Crippen LogP contribution in [0.3, 0.4) is 0 Å². The number of piperidine rings is 1. The summed E-state index contributed by atoms with van der Waals surface area (Å²) in [5, 5.41) is 10.5. The molecular weight excluding hydrogens is 234 g/mol. The van der Waals surface area contributed by atoms with Gasteiger partial charge < -0.3 is 10.7 Å². The Morgan fingerprint density at radius 1 is 1.16 bits per heavy atom. The van der Waals surface area contributed by atoms with E-state index in [0.29, 0.717) is 5.92 Å². The van der Waals surface area contributed by atoms with E-state index in [0.717, 1.165) is 18.2 Å². The second-order valence-electron chi connectivity index (χ2n) is 5.58. The first-order valence-corrected chi connectivity index (χ1v) is 7.21. The summed E-state index contributed by atoms with van der Waals surface area (Å²) in [5.41, 5.74) is 1.92. The Kier molecular flexibility index (Phi) is 5.11. The van der Waals surface area contributed by atoms with E-state index in [4.69, 9.17) is 5.41 Å². The van der Waals surface area contributed by atoms with Gasteiger partial charge in [0.05, 0.1) is 0 Å². The smallest absolute Gasteiger partial charge is 0.0244 e. The van der Waals surface area contributed by atoms with E-state index in [2.05, 4.69) is 23.4 Å². The highest BCUT2D eigenvalue weighted by Gasteiger charge is 2.27. The number of nitrogens with one attached hydrogen (secondary N) is 2. The van der Waals surface area contributed by atoms with Gasteiger partial charge in [-0.15, -0.1) is 0 Å². The zero-order valence-corrected chi connectivity index (χ0v) is 11.7. The monoisotopic (exact) mass is 259 g/mol. The summed E-state index contributed by atoms with van der Waals surface area (Å²) >= 11 is 0. The summed E-state index contributed by atoms with van der Waals surface area (Å²) in [6.07, 6.45) is 8.91. The third-order valence-corrected chi connectivity index (χ3v) is 4.30. The van der Waals surface area contributed by atoms with E-state index in [1.807, 2.05) is 12.2 Å². The van der Waals surface area contributed by atoms with Crippen molar-refractivity contribution < 1.29 is 0 Å². The Labute approximate surface area is 116 Å². The number of hydrogen-bond donors (Lipinski definition) is 2. The van der Waals surface area contributed by atoms with Crippen LogP contribution in [0, 0.1) is 11.3 Å².